The predicted octanol–water partition coefficient (Wildman–Crippen LogP) is 4.38. The first kappa shape index (κ1) is 17.7. The highest BCUT2D eigenvalue weighted by molar-refractivity contribution is 5.96. The largest absolute Gasteiger partial charge is 0.497 e. The minimum atomic E-state index is -0.0512. The molecule has 0 saturated heterocycles. The van der Waals surface area contributed by atoms with Crippen molar-refractivity contribution < 1.29 is 14.1 Å². The summed E-state index contributed by atoms with van der Waals surface area (Å²) in [6, 6.07) is 16.3. The van der Waals surface area contributed by atoms with E-state index < -0.39 is 0 Å². The molecule has 2 heterocycles. The quantitative estimate of drug-likeness (QED) is 0.670. The number of hydrogen-bond acceptors (Lipinski definition) is 4. The van der Waals surface area contributed by atoms with Crippen LogP contribution >= 0.6 is 0 Å². The Morgan fingerprint density at radius 3 is 2.72 bits per heavy atom. The Morgan fingerprint density at radius 2 is 1.97 bits per heavy atom. The minimum absolute atomic E-state index is 0.0512. The van der Waals surface area contributed by atoms with Gasteiger partial charge in [-0.3, -0.25) is 4.79 Å². The lowest BCUT2D eigenvalue weighted by Gasteiger charge is -2.26. The third-order valence-electron chi connectivity index (χ3n) is 5.84. The molecule has 3 aromatic rings. The molecule has 5 rings (SSSR count). The topological polar surface area (TPSA) is 55.6 Å². The van der Waals surface area contributed by atoms with Crippen molar-refractivity contribution in [1.29, 1.82) is 0 Å². The summed E-state index contributed by atoms with van der Waals surface area (Å²) in [6.07, 6.45) is 4.61. The molecule has 5 heteroatoms. The van der Waals surface area contributed by atoms with Gasteiger partial charge in [0.2, 0.25) is 0 Å². The van der Waals surface area contributed by atoms with Crippen molar-refractivity contribution in [2.75, 3.05) is 20.2 Å². The second-order valence-electron chi connectivity index (χ2n) is 7.46. The lowest BCUT2D eigenvalue weighted by Crippen LogP contribution is -2.35. The molecule has 29 heavy (non-hydrogen) atoms. The third-order valence-corrected chi connectivity index (χ3v) is 5.84. The van der Waals surface area contributed by atoms with Gasteiger partial charge in [0.1, 0.15) is 5.75 Å². The fourth-order valence-electron chi connectivity index (χ4n) is 4.21. The summed E-state index contributed by atoms with van der Waals surface area (Å²) in [7, 11) is 1.65. The number of hydrogen-bond donors (Lipinski definition) is 0. The highest BCUT2D eigenvalue weighted by Gasteiger charge is 2.30. The zero-order chi connectivity index (χ0) is 19.8. The van der Waals surface area contributed by atoms with Gasteiger partial charge in [-0.25, -0.2) is 0 Å². The van der Waals surface area contributed by atoms with Gasteiger partial charge in [0.15, 0.2) is 11.5 Å². The fraction of sp³-hybridized carbons (Fsp3) is 0.250. The van der Waals surface area contributed by atoms with Crippen molar-refractivity contribution in [3.8, 4) is 17.1 Å². The first-order valence-electron chi connectivity index (χ1n) is 9.94. The van der Waals surface area contributed by atoms with E-state index in [4.69, 9.17) is 9.26 Å². The van der Waals surface area contributed by atoms with E-state index in [-0.39, 0.29) is 5.91 Å². The van der Waals surface area contributed by atoms with Gasteiger partial charge in [0.25, 0.3) is 5.91 Å². The Balaban J connectivity index is 1.40. The van der Waals surface area contributed by atoms with E-state index in [0.29, 0.717) is 24.5 Å². The van der Waals surface area contributed by atoms with E-state index in [0.717, 1.165) is 36.1 Å². The van der Waals surface area contributed by atoms with Crippen LogP contribution < -0.4 is 4.74 Å². The maximum atomic E-state index is 13.2. The molecule has 2 aromatic carbocycles. The number of carbonyl (C=O) groups excluding carboxylic acids is 1. The third kappa shape index (κ3) is 3.12. The van der Waals surface area contributed by atoms with Crippen LogP contribution in [0.3, 0.4) is 0 Å². The van der Waals surface area contributed by atoms with Gasteiger partial charge in [0, 0.05) is 24.2 Å². The number of fused-ring (bicyclic) bond motifs is 3. The zero-order valence-corrected chi connectivity index (χ0v) is 16.4. The predicted molar refractivity (Wildman–Crippen MR) is 111 cm³/mol. The molecule has 0 radical (unpaired) electrons. The lowest BCUT2D eigenvalue weighted by molar-refractivity contribution is 0.0761. The van der Waals surface area contributed by atoms with E-state index in [1.807, 2.05) is 35.2 Å². The van der Waals surface area contributed by atoms with Gasteiger partial charge in [-0.05, 0) is 48.1 Å². The van der Waals surface area contributed by atoms with E-state index >= 15 is 0 Å². The van der Waals surface area contributed by atoms with E-state index in [1.54, 1.807) is 7.11 Å². The standard InChI is InChI=1S/C24H22N2O3/c1-28-19-9-7-18-8-10-20-22(25-29-23(20)21(18)15-19)24(27)26-13-11-17(12-14-26)16-5-3-2-4-6-16/h2-7,9,11,15H,8,10,12-14H2,1H3. The van der Waals surface area contributed by atoms with Crippen molar-refractivity contribution in [2.24, 2.45) is 0 Å². The smallest absolute Gasteiger partial charge is 0.276 e. The Labute approximate surface area is 169 Å². The van der Waals surface area contributed by atoms with E-state index in [1.165, 1.54) is 16.7 Å². The van der Waals surface area contributed by atoms with Crippen molar-refractivity contribution in [2.45, 2.75) is 19.3 Å². The molecule has 1 aliphatic heterocycles. The molecule has 0 fully saturated rings. The number of carbonyl (C=O) groups is 1. The summed E-state index contributed by atoms with van der Waals surface area (Å²) in [5, 5.41) is 4.18. The van der Waals surface area contributed by atoms with Crippen LogP contribution in [0.5, 0.6) is 5.75 Å². The number of ether oxygens (including phenoxy) is 1. The second-order valence-corrected chi connectivity index (χ2v) is 7.46. The number of aryl methyl sites for hydroxylation is 1. The molecule has 1 aromatic heterocycles. The number of rotatable bonds is 3. The average molecular weight is 386 g/mol. The Hall–Kier alpha value is -3.34. The maximum absolute atomic E-state index is 13.2. The summed E-state index contributed by atoms with van der Waals surface area (Å²) in [6.45, 7) is 1.28. The Kier molecular flexibility index (Phi) is 4.43. The van der Waals surface area contributed by atoms with Gasteiger partial charge in [0.05, 0.1) is 7.11 Å². The molecule has 0 saturated carbocycles. The van der Waals surface area contributed by atoms with Crippen LogP contribution in [0.1, 0.15) is 33.6 Å². The number of nitrogens with zero attached hydrogens (tertiary/aromatic N) is 2. The number of amides is 1. The van der Waals surface area contributed by atoms with Crippen LogP contribution in [-0.4, -0.2) is 36.2 Å². The first-order chi connectivity index (χ1) is 14.2. The fourth-order valence-corrected chi connectivity index (χ4v) is 4.21. The Morgan fingerprint density at radius 1 is 1.10 bits per heavy atom. The molecule has 1 amide bonds. The van der Waals surface area contributed by atoms with Crippen molar-refractivity contribution >= 4 is 11.5 Å². The molecule has 0 spiro atoms. The van der Waals surface area contributed by atoms with Crippen LogP contribution in [-0.2, 0) is 12.8 Å². The molecule has 0 N–H and O–H groups in total. The SMILES string of the molecule is COc1ccc2c(c1)-c1onc(C(=O)N3CC=C(c4ccccc4)CC3)c1CC2. The van der Waals surface area contributed by atoms with Crippen molar-refractivity contribution in [3.63, 3.8) is 0 Å². The number of benzene rings is 2. The Bertz CT molecular complexity index is 1100. The molecule has 5 nitrogen and oxygen atoms in total. The van der Waals surface area contributed by atoms with Crippen molar-refractivity contribution in [3.05, 3.63) is 77.0 Å². The van der Waals surface area contributed by atoms with Crippen LogP contribution in [0.4, 0.5) is 0 Å². The summed E-state index contributed by atoms with van der Waals surface area (Å²) in [5.41, 5.74) is 6.05. The van der Waals surface area contributed by atoms with Gasteiger partial charge in [-0.2, -0.15) is 0 Å². The highest BCUT2D eigenvalue weighted by Crippen LogP contribution is 2.37. The molecule has 146 valence electrons. The molecular formula is C24H22N2O3. The molecule has 0 unspecified atom stereocenters. The summed E-state index contributed by atoms with van der Waals surface area (Å²) in [5.74, 6) is 1.42. The molecular weight excluding hydrogens is 364 g/mol. The summed E-state index contributed by atoms with van der Waals surface area (Å²) in [4.78, 5) is 15.0. The van der Waals surface area contributed by atoms with Crippen LogP contribution in [0.2, 0.25) is 0 Å². The molecule has 0 atom stereocenters. The zero-order valence-electron chi connectivity index (χ0n) is 16.4. The van der Waals surface area contributed by atoms with Crippen molar-refractivity contribution in [1.82, 2.24) is 10.1 Å². The second kappa shape index (κ2) is 7.24. The van der Waals surface area contributed by atoms with Gasteiger partial charge < -0.3 is 14.2 Å². The van der Waals surface area contributed by atoms with Gasteiger partial charge in [-0.1, -0.05) is 47.6 Å². The van der Waals surface area contributed by atoms with Crippen LogP contribution in [0.25, 0.3) is 16.9 Å². The summed E-state index contributed by atoms with van der Waals surface area (Å²) < 4.78 is 11.0. The van der Waals surface area contributed by atoms with Crippen LogP contribution in [0.15, 0.2) is 59.1 Å². The highest BCUT2D eigenvalue weighted by atomic mass is 16.5. The summed E-state index contributed by atoms with van der Waals surface area (Å²) >= 11 is 0. The monoisotopic (exact) mass is 386 g/mol. The van der Waals surface area contributed by atoms with Gasteiger partial charge in [-0.15, -0.1) is 0 Å². The normalized spacial score (nSPS) is 15.3. The maximum Gasteiger partial charge on any atom is 0.276 e. The average Bonchev–Trinajstić information content (AvgIpc) is 3.23. The molecule has 1 aliphatic carbocycles. The van der Waals surface area contributed by atoms with Crippen LogP contribution in [0, 0.1) is 0 Å². The molecule has 0 bridgehead atoms. The minimum Gasteiger partial charge on any atom is -0.497 e. The number of methoxy groups -OCH3 is 1. The first-order valence-corrected chi connectivity index (χ1v) is 9.94. The lowest BCUT2D eigenvalue weighted by atomic mass is 9.89. The van der Waals surface area contributed by atoms with Gasteiger partial charge >= 0.3 is 0 Å². The number of aromatic nitrogens is 1. The molecule has 2 aliphatic rings. The van der Waals surface area contributed by atoms with E-state index in [9.17, 15) is 4.79 Å². The van der Waals surface area contributed by atoms with E-state index in [2.05, 4.69) is 29.4 Å².